The lowest BCUT2D eigenvalue weighted by Gasteiger charge is -2.05. The number of furan rings is 1. The predicted octanol–water partition coefficient (Wildman–Crippen LogP) is 3.77. The minimum atomic E-state index is -0.464. The first kappa shape index (κ1) is 14.3. The number of nitro groups is 1. The third kappa shape index (κ3) is 3.05. The maximum Gasteiger partial charge on any atom is 0.291 e. The Morgan fingerprint density at radius 1 is 1.40 bits per heavy atom. The Labute approximate surface area is 123 Å². The van der Waals surface area contributed by atoms with Crippen molar-refractivity contribution in [3.05, 3.63) is 56.4 Å². The highest BCUT2D eigenvalue weighted by atomic mass is 79.9. The van der Waals surface area contributed by atoms with Gasteiger partial charge in [-0.2, -0.15) is 0 Å². The molecule has 0 fully saturated rings. The Balaban J connectivity index is 2.23. The lowest BCUT2D eigenvalue weighted by Crippen LogP contribution is -2.11. The largest absolute Gasteiger partial charge is 0.444 e. The van der Waals surface area contributed by atoms with Crippen molar-refractivity contribution in [2.75, 3.05) is 5.32 Å². The van der Waals surface area contributed by atoms with E-state index in [2.05, 4.69) is 21.2 Å². The van der Waals surface area contributed by atoms with E-state index in [9.17, 15) is 14.9 Å². The molecule has 6 nitrogen and oxygen atoms in total. The van der Waals surface area contributed by atoms with Crippen molar-refractivity contribution < 1.29 is 14.1 Å². The molecule has 0 spiro atoms. The highest BCUT2D eigenvalue weighted by Gasteiger charge is 2.16. The van der Waals surface area contributed by atoms with E-state index in [4.69, 9.17) is 4.42 Å². The fourth-order valence-electron chi connectivity index (χ4n) is 1.74. The van der Waals surface area contributed by atoms with Crippen molar-refractivity contribution in [2.24, 2.45) is 0 Å². The van der Waals surface area contributed by atoms with Crippen LogP contribution < -0.4 is 5.32 Å². The number of carbonyl (C=O) groups is 1. The second-order valence-corrected chi connectivity index (χ2v) is 4.79. The van der Waals surface area contributed by atoms with Gasteiger partial charge in [-0.1, -0.05) is 13.0 Å². The smallest absolute Gasteiger partial charge is 0.291 e. The van der Waals surface area contributed by atoms with Gasteiger partial charge in [-0.05, 0) is 40.5 Å². The van der Waals surface area contributed by atoms with Crippen LogP contribution in [0, 0.1) is 10.1 Å². The molecule has 0 radical (unpaired) electrons. The summed E-state index contributed by atoms with van der Waals surface area (Å²) < 4.78 is 5.55. The Morgan fingerprint density at radius 2 is 2.15 bits per heavy atom. The van der Waals surface area contributed by atoms with Crippen molar-refractivity contribution in [3.63, 3.8) is 0 Å². The maximum atomic E-state index is 11.9. The Morgan fingerprint density at radius 3 is 2.70 bits per heavy atom. The van der Waals surface area contributed by atoms with E-state index in [1.807, 2.05) is 6.92 Å². The van der Waals surface area contributed by atoms with Crippen molar-refractivity contribution in [3.8, 4) is 0 Å². The molecule has 1 heterocycles. The first-order chi connectivity index (χ1) is 9.51. The van der Waals surface area contributed by atoms with E-state index in [0.717, 1.165) is 0 Å². The fourth-order valence-corrected chi connectivity index (χ4v) is 2.05. The average molecular weight is 339 g/mol. The molecule has 0 saturated heterocycles. The first-order valence-corrected chi connectivity index (χ1v) is 6.64. The number of amides is 1. The molecule has 0 bridgehead atoms. The first-order valence-electron chi connectivity index (χ1n) is 5.85. The lowest BCUT2D eigenvalue weighted by atomic mass is 10.1. The maximum absolute atomic E-state index is 11.9. The summed E-state index contributed by atoms with van der Waals surface area (Å²) in [5, 5.41) is 13.5. The minimum Gasteiger partial charge on any atom is -0.444 e. The number of hydrogen-bond donors (Lipinski definition) is 1. The zero-order valence-corrected chi connectivity index (χ0v) is 12.1. The van der Waals surface area contributed by atoms with Crippen LogP contribution in [-0.4, -0.2) is 10.8 Å². The Hall–Kier alpha value is -2.15. The monoisotopic (exact) mass is 338 g/mol. The molecule has 7 heteroatoms. The van der Waals surface area contributed by atoms with Gasteiger partial charge in [0.1, 0.15) is 0 Å². The molecule has 1 amide bonds. The zero-order valence-electron chi connectivity index (χ0n) is 10.6. The molecule has 1 aromatic heterocycles. The third-order valence-electron chi connectivity index (χ3n) is 2.72. The number of carbonyl (C=O) groups excluding carboxylic acids is 1. The molecule has 20 heavy (non-hydrogen) atoms. The van der Waals surface area contributed by atoms with Gasteiger partial charge in [0.05, 0.1) is 4.92 Å². The average Bonchev–Trinajstić information content (AvgIpc) is 2.85. The van der Waals surface area contributed by atoms with Gasteiger partial charge < -0.3 is 9.73 Å². The highest BCUT2D eigenvalue weighted by molar-refractivity contribution is 9.10. The molecule has 0 aliphatic carbocycles. The summed E-state index contributed by atoms with van der Waals surface area (Å²) >= 11 is 3.10. The third-order valence-corrected chi connectivity index (χ3v) is 3.14. The number of nitrogens with zero attached hydrogens (tertiary/aromatic N) is 1. The van der Waals surface area contributed by atoms with Crippen LogP contribution in [-0.2, 0) is 6.42 Å². The van der Waals surface area contributed by atoms with Gasteiger partial charge >= 0.3 is 0 Å². The summed E-state index contributed by atoms with van der Waals surface area (Å²) in [6.07, 6.45) is 0.551. The van der Waals surface area contributed by atoms with Crippen LogP contribution in [0.15, 0.2) is 39.4 Å². The number of benzene rings is 1. The number of anilines is 1. The van der Waals surface area contributed by atoms with Crippen molar-refractivity contribution >= 4 is 33.2 Å². The Bertz CT molecular complexity index is 666. The van der Waals surface area contributed by atoms with E-state index in [-0.39, 0.29) is 11.4 Å². The van der Waals surface area contributed by atoms with Gasteiger partial charge in [-0.15, -0.1) is 0 Å². The van der Waals surface area contributed by atoms with Gasteiger partial charge in [0.25, 0.3) is 11.6 Å². The van der Waals surface area contributed by atoms with Crippen LogP contribution in [0.2, 0.25) is 0 Å². The number of nitrogens with one attached hydrogen (secondary N) is 1. The summed E-state index contributed by atoms with van der Waals surface area (Å²) in [6.45, 7) is 1.83. The number of aryl methyl sites for hydroxylation is 1. The molecule has 2 aromatic rings. The molecule has 2 rings (SSSR count). The molecule has 0 saturated carbocycles. The van der Waals surface area contributed by atoms with Crippen molar-refractivity contribution in [1.29, 1.82) is 0 Å². The van der Waals surface area contributed by atoms with Crippen LogP contribution in [0.5, 0.6) is 0 Å². The summed E-state index contributed by atoms with van der Waals surface area (Å²) in [7, 11) is 0. The summed E-state index contributed by atoms with van der Waals surface area (Å²) in [5.41, 5.74) is 0.964. The normalized spacial score (nSPS) is 10.3. The van der Waals surface area contributed by atoms with E-state index in [1.54, 1.807) is 18.2 Å². The SMILES string of the molecule is CCc1ccc(NC(=O)c2ccc(Br)o2)cc1[N+](=O)[O-]. The summed E-state index contributed by atoms with van der Waals surface area (Å²) in [4.78, 5) is 22.4. The van der Waals surface area contributed by atoms with Crippen LogP contribution >= 0.6 is 15.9 Å². The molecule has 0 aliphatic heterocycles. The quantitative estimate of drug-likeness (QED) is 0.679. The number of nitro benzene ring substituents is 1. The van der Waals surface area contributed by atoms with E-state index < -0.39 is 10.8 Å². The Kier molecular flexibility index (Phi) is 4.19. The predicted molar refractivity (Wildman–Crippen MR) is 76.8 cm³/mol. The fraction of sp³-hybridized carbons (Fsp3) is 0.154. The molecule has 104 valence electrons. The van der Waals surface area contributed by atoms with Gasteiger partial charge in [-0.3, -0.25) is 14.9 Å². The number of rotatable bonds is 4. The molecule has 0 aliphatic rings. The molecule has 1 aromatic carbocycles. The van der Waals surface area contributed by atoms with Gasteiger partial charge in [0.2, 0.25) is 0 Å². The number of hydrogen-bond acceptors (Lipinski definition) is 4. The van der Waals surface area contributed by atoms with Gasteiger partial charge in [-0.25, -0.2) is 0 Å². The molecule has 1 N–H and O–H groups in total. The second kappa shape index (κ2) is 5.87. The molecule has 0 unspecified atom stereocenters. The molecular weight excluding hydrogens is 328 g/mol. The van der Waals surface area contributed by atoms with E-state index in [1.165, 1.54) is 12.1 Å². The van der Waals surface area contributed by atoms with E-state index in [0.29, 0.717) is 22.3 Å². The highest BCUT2D eigenvalue weighted by Crippen LogP contribution is 2.24. The molecule has 0 atom stereocenters. The minimum absolute atomic E-state index is 0.00840. The van der Waals surface area contributed by atoms with Crippen LogP contribution in [0.4, 0.5) is 11.4 Å². The zero-order chi connectivity index (χ0) is 14.7. The van der Waals surface area contributed by atoms with Crippen LogP contribution in [0.3, 0.4) is 0 Å². The summed E-state index contributed by atoms with van der Waals surface area (Å²) in [6, 6.07) is 7.70. The standard InChI is InChI=1S/C13H11BrN2O4/c1-2-8-3-4-9(7-10(8)16(18)19)15-13(17)11-5-6-12(14)20-11/h3-7H,2H2,1H3,(H,15,17). The van der Waals surface area contributed by atoms with Crippen molar-refractivity contribution in [2.45, 2.75) is 13.3 Å². The van der Waals surface area contributed by atoms with Gasteiger partial charge in [0.15, 0.2) is 10.4 Å². The van der Waals surface area contributed by atoms with Gasteiger partial charge in [0, 0.05) is 17.3 Å². The van der Waals surface area contributed by atoms with E-state index >= 15 is 0 Å². The number of halogens is 1. The topological polar surface area (TPSA) is 85.4 Å². The second-order valence-electron chi connectivity index (χ2n) is 4.01. The lowest BCUT2D eigenvalue weighted by molar-refractivity contribution is -0.385. The van der Waals surface area contributed by atoms with Crippen LogP contribution in [0.25, 0.3) is 0 Å². The summed E-state index contributed by atoms with van der Waals surface area (Å²) in [5.74, 6) is -0.339. The van der Waals surface area contributed by atoms with Crippen molar-refractivity contribution in [1.82, 2.24) is 0 Å². The van der Waals surface area contributed by atoms with Crippen LogP contribution in [0.1, 0.15) is 23.0 Å². The molecular formula is C13H11BrN2O4.